The molecule has 2 rings (SSSR count). The van der Waals surface area contributed by atoms with Crippen LogP contribution in [0.3, 0.4) is 0 Å². The van der Waals surface area contributed by atoms with Crippen LogP contribution in [0.15, 0.2) is 24.3 Å². The van der Waals surface area contributed by atoms with E-state index in [4.69, 9.17) is 11.6 Å². The molecule has 0 radical (unpaired) electrons. The summed E-state index contributed by atoms with van der Waals surface area (Å²) in [5.74, 6) is -0.111. The molecular weight excluding hydrogens is 300 g/mol. The number of halogens is 1. The maximum atomic E-state index is 12.4. The van der Waals surface area contributed by atoms with E-state index >= 15 is 0 Å². The molecule has 0 aromatic heterocycles. The number of carbonyl (C=O) groups is 2. The lowest BCUT2D eigenvalue weighted by atomic mass is 9.91. The van der Waals surface area contributed by atoms with E-state index in [1.165, 1.54) is 0 Å². The van der Waals surface area contributed by atoms with Gasteiger partial charge < -0.3 is 10.2 Å². The number of rotatable bonds is 2. The van der Waals surface area contributed by atoms with Crippen molar-refractivity contribution in [2.45, 2.75) is 33.6 Å². The van der Waals surface area contributed by atoms with Crippen molar-refractivity contribution in [1.82, 2.24) is 4.90 Å². The zero-order valence-corrected chi connectivity index (χ0v) is 14.1. The first-order valence-electron chi connectivity index (χ1n) is 7.63. The molecule has 22 heavy (non-hydrogen) atoms. The van der Waals surface area contributed by atoms with E-state index in [0.29, 0.717) is 17.3 Å². The second kappa shape index (κ2) is 6.69. The smallest absolute Gasteiger partial charge is 0.229 e. The highest BCUT2D eigenvalue weighted by Gasteiger charge is 2.33. The van der Waals surface area contributed by atoms with Gasteiger partial charge in [-0.25, -0.2) is 0 Å². The highest BCUT2D eigenvalue weighted by atomic mass is 35.5. The monoisotopic (exact) mass is 322 g/mol. The molecule has 4 nitrogen and oxygen atoms in total. The first-order chi connectivity index (χ1) is 10.3. The average molecular weight is 323 g/mol. The molecule has 1 aromatic rings. The van der Waals surface area contributed by atoms with Crippen LogP contribution in [0.25, 0.3) is 0 Å². The molecule has 2 amide bonds. The molecule has 1 heterocycles. The number of piperidine rings is 1. The number of benzene rings is 1. The van der Waals surface area contributed by atoms with Gasteiger partial charge in [0.15, 0.2) is 0 Å². The van der Waals surface area contributed by atoms with Gasteiger partial charge in [0.05, 0.1) is 5.92 Å². The van der Waals surface area contributed by atoms with Crippen molar-refractivity contribution in [3.8, 4) is 0 Å². The van der Waals surface area contributed by atoms with Gasteiger partial charge >= 0.3 is 0 Å². The van der Waals surface area contributed by atoms with E-state index < -0.39 is 5.41 Å². The number of likely N-dealkylation sites (tertiary alicyclic amines) is 1. The Labute approximate surface area is 136 Å². The van der Waals surface area contributed by atoms with E-state index in [2.05, 4.69) is 5.32 Å². The van der Waals surface area contributed by atoms with Gasteiger partial charge in [-0.1, -0.05) is 38.4 Å². The predicted molar refractivity (Wildman–Crippen MR) is 88.8 cm³/mol. The molecule has 1 N–H and O–H groups in total. The largest absolute Gasteiger partial charge is 0.341 e. The zero-order chi connectivity index (χ0) is 16.3. The third kappa shape index (κ3) is 4.23. The van der Waals surface area contributed by atoms with Gasteiger partial charge in [0.25, 0.3) is 0 Å². The number of hydrogen-bond donors (Lipinski definition) is 1. The predicted octanol–water partition coefficient (Wildman–Crippen LogP) is 3.56. The molecule has 1 fully saturated rings. The fourth-order valence-electron chi connectivity index (χ4n) is 2.66. The van der Waals surface area contributed by atoms with Crippen LogP contribution in [0.1, 0.15) is 33.6 Å². The molecule has 5 heteroatoms. The lowest BCUT2D eigenvalue weighted by Gasteiger charge is -2.35. The summed E-state index contributed by atoms with van der Waals surface area (Å²) in [5, 5.41) is 3.48. The van der Waals surface area contributed by atoms with Crippen LogP contribution in [0, 0.1) is 11.3 Å². The lowest BCUT2D eigenvalue weighted by Crippen LogP contribution is -2.47. The summed E-state index contributed by atoms with van der Waals surface area (Å²) in [5.41, 5.74) is 0.280. The first-order valence-corrected chi connectivity index (χ1v) is 8.01. The summed E-state index contributed by atoms with van der Waals surface area (Å²) < 4.78 is 0. The van der Waals surface area contributed by atoms with E-state index in [-0.39, 0.29) is 17.7 Å². The number of hydrogen-bond acceptors (Lipinski definition) is 2. The van der Waals surface area contributed by atoms with Crippen molar-refractivity contribution in [3.63, 3.8) is 0 Å². The number of nitrogens with zero attached hydrogens (tertiary/aromatic N) is 1. The molecule has 1 saturated heterocycles. The van der Waals surface area contributed by atoms with Gasteiger partial charge in [-0.15, -0.1) is 0 Å². The van der Waals surface area contributed by atoms with Crippen molar-refractivity contribution >= 4 is 29.1 Å². The molecule has 1 aliphatic heterocycles. The Morgan fingerprint density at radius 3 is 2.68 bits per heavy atom. The molecule has 1 aromatic carbocycles. The molecule has 0 spiro atoms. The Morgan fingerprint density at radius 1 is 1.32 bits per heavy atom. The van der Waals surface area contributed by atoms with Crippen LogP contribution in [0.4, 0.5) is 5.69 Å². The van der Waals surface area contributed by atoms with Gasteiger partial charge in [0.1, 0.15) is 0 Å². The quantitative estimate of drug-likeness (QED) is 0.905. The SMILES string of the molecule is CC(C)(C)C(=O)N1CCC[C@H](C(=O)Nc2cccc(Cl)c2)C1. The van der Waals surface area contributed by atoms with Gasteiger partial charge in [0, 0.05) is 29.2 Å². The molecule has 0 aliphatic carbocycles. The van der Waals surface area contributed by atoms with E-state index in [1.807, 2.05) is 31.7 Å². The Kier molecular flexibility index (Phi) is 5.12. The Bertz CT molecular complexity index is 566. The van der Waals surface area contributed by atoms with Gasteiger partial charge in [-0.2, -0.15) is 0 Å². The topological polar surface area (TPSA) is 49.4 Å². The van der Waals surface area contributed by atoms with Crippen molar-refractivity contribution in [3.05, 3.63) is 29.3 Å². The Morgan fingerprint density at radius 2 is 2.05 bits per heavy atom. The van der Waals surface area contributed by atoms with Gasteiger partial charge in [0.2, 0.25) is 11.8 Å². The standard InChI is InChI=1S/C17H23ClN2O2/c1-17(2,3)16(22)20-9-5-6-12(11-20)15(21)19-14-8-4-7-13(18)10-14/h4,7-8,10,12H,5-6,9,11H2,1-3H3,(H,19,21)/t12-/m0/s1. The second-order valence-electron chi connectivity index (χ2n) is 6.84. The number of anilines is 1. The van der Waals surface area contributed by atoms with Crippen LogP contribution < -0.4 is 5.32 Å². The van der Waals surface area contributed by atoms with E-state index in [0.717, 1.165) is 19.4 Å². The minimum Gasteiger partial charge on any atom is -0.341 e. The molecule has 1 atom stereocenters. The van der Waals surface area contributed by atoms with Crippen molar-refractivity contribution in [2.24, 2.45) is 11.3 Å². The van der Waals surface area contributed by atoms with Crippen LogP contribution >= 0.6 is 11.6 Å². The third-order valence-corrected chi connectivity index (χ3v) is 4.05. The van der Waals surface area contributed by atoms with Crippen molar-refractivity contribution in [1.29, 1.82) is 0 Å². The number of amides is 2. The highest BCUT2D eigenvalue weighted by Crippen LogP contribution is 2.24. The van der Waals surface area contributed by atoms with Crippen LogP contribution in [-0.4, -0.2) is 29.8 Å². The number of carbonyl (C=O) groups excluding carboxylic acids is 2. The van der Waals surface area contributed by atoms with Gasteiger partial charge in [-0.05, 0) is 31.0 Å². The third-order valence-electron chi connectivity index (χ3n) is 3.81. The van der Waals surface area contributed by atoms with Crippen LogP contribution in [0.2, 0.25) is 5.02 Å². The summed E-state index contributed by atoms with van der Waals surface area (Å²) in [4.78, 5) is 26.6. The molecule has 0 bridgehead atoms. The molecule has 120 valence electrons. The summed E-state index contributed by atoms with van der Waals surface area (Å²) >= 11 is 5.92. The molecule has 0 saturated carbocycles. The Balaban J connectivity index is 2.00. The normalized spacial score (nSPS) is 18.9. The van der Waals surface area contributed by atoms with Crippen molar-refractivity contribution in [2.75, 3.05) is 18.4 Å². The molecular formula is C17H23ClN2O2. The summed E-state index contributed by atoms with van der Waals surface area (Å²) in [7, 11) is 0. The summed E-state index contributed by atoms with van der Waals surface area (Å²) in [6.07, 6.45) is 1.66. The minimum atomic E-state index is -0.411. The van der Waals surface area contributed by atoms with Crippen molar-refractivity contribution < 1.29 is 9.59 Å². The second-order valence-corrected chi connectivity index (χ2v) is 7.28. The van der Waals surface area contributed by atoms with E-state index in [1.54, 1.807) is 18.2 Å². The number of nitrogens with one attached hydrogen (secondary N) is 1. The minimum absolute atomic E-state index is 0.0475. The lowest BCUT2D eigenvalue weighted by molar-refractivity contribution is -0.142. The molecule has 1 aliphatic rings. The fourth-order valence-corrected chi connectivity index (χ4v) is 2.85. The van der Waals surface area contributed by atoms with Crippen LogP contribution in [-0.2, 0) is 9.59 Å². The summed E-state index contributed by atoms with van der Waals surface area (Å²) in [6, 6.07) is 7.10. The maximum Gasteiger partial charge on any atom is 0.229 e. The first kappa shape index (κ1) is 16.8. The van der Waals surface area contributed by atoms with Gasteiger partial charge in [-0.3, -0.25) is 9.59 Å². The Hall–Kier alpha value is -1.55. The molecule has 0 unspecified atom stereocenters. The zero-order valence-electron chi connectivity index (χ0n) is 13.4. The maximum absolute atomic E-state index is 12.4. The van der Waals surface area contributed by atoms with E-state index in [9.17, 15) is 9.59 Å². The fraction of sp³-hybridized carbons (Fsp3) is 0.529. The summed E-state index contributed by atoms with van der Waals surface area (Å²) in [6.45, 7) is 6.94. The highest BCUT2D eigenvalue weighted by molar-refractivity contribution is 6.30. The van der Waals surface area contributed by atoms with Crippen LogP contribution in [0.5, 0.6) is 0 Å². The average Bonchev–Trinajstić information content (AvgIpc) is 2.45.